The summed E-state index contributed by atoms with van der Waals surface area (Å²) in [5.41, 5.74) is -2.84. The summed E-state index contributed by atoms with van der Waals surface area (Å²) in [5.74, 6) is -3.76. The van der Waals surface area contributed by atoms with E-state index in [-0.39, 0.29) is 43.1 Å². The molecule has 2 aliphatic heterocycles. The second-order valence-corrected chi connectivity index (χ2v) is 16.6. The van der Waals surface area contributed by atoms with Crippen LogP contribution in [0.5, 0.6) is 0 Å². The molecule has 14 atom stereocenters. The van der Waals surface area contributed by atoms with Gasteiger partial charge < -0.3 is 48.8 Å². The minimum Gasteiger partial charge on any atom is -0.491 e. The van der Waals surface area contributed by atoms with Gasteiger partial charge in [-0.15, -0.1) is 0 Å². The van der Waals surface area contributed by atoms with E-state index in [0.717, 1.165) is 0 Å². The van der Waals surface area contributed by atoms with E-state index in [2.05, 4.69) is 4.98 Å². The average molecular weight is 778 g/mol. The van der Waals surface area contributed by atoms with E-state index in [1.54, 1.807) is 59.1 Å². The normalized spacial score (nSPS) is 38.9. The van der Waals surface area contributed by atoms with Crippen molar-refractivity contribution in [2.24, 2.45) is 17.8 Å². The van der Waals surface area contributed by atoms with E-state index in [1.807, 2.05) is 44.8 Å². The molecule has 2 fully saturated rings. The minimum atomic E-state index is -1.83. The number of aromatic nitrogens is 1. The molecule has 312 valence electrons. The van der Waals surface area contributed by atoms with Crippen LogP contribution in [0, 0.1) is 17.8 Å². The first-order chi connectivity index (χ1) is 25.6. The molecule has 1 aromatic heterocycles. The molecule has 0 unspecified atom stereocenters. The van der Waals surface area contributed by atoms with Gasteiger partial charge in [0.15, 0.2) is 18.2 Å². The van der Waals surface area contributed by atoms with E-state index >= 15 is 0 Å². The maximum atomic E-state index is 14.1. The number of nitrogens with zero attached hydrogens (tertiary/aromatic N) is 3. The van der Waals surface area contributed by atoms with Crippen molar-refractivity contribution in [2.45, 2.75) is 154 Å². The van der Waals surface area contributed by atoms with Gasteiger partial charge in [0, 0.05) is 37.0 Å². The maximum absolute atomic E-state index is 14.1. The Kier molecular flexibility index (Phi) is 16.8. The first-order valence-corrected chi connectivity index (χ1v) is 19.5. The third kappa shape index (κ3) is 12.3. The number of likely N-dealkylation sites (N-methyl/N-ethyl adjacent to an activating group) is 2. The Hall–Kier alpha value is -2.98. The molecule has 2 aliphatic rings. The van der Waals surface area contributed by atoms with Gasteiger partial charge in [-0.25, -0.2) is 0 Å². The van der Waals surface area contributed by atoms with Gasteiger partial charge in [-0.3, -0.25) is 19.4 Å². The van der Waals surface area contributed by atoms with E-state index < -0.39 is 77.8 Å². The van der Waals surface area contributed by atoms with Crippen LogP contribution in [0.25, 0.3) is 0 Å². The number of ether oxygens (including phenoxy) is 5. The number of ketones is 1. The van der Waals surface area contributed by atoms with Gasteiger partial charge in [-0.2, -0.15) is 0 Å². The number of pyridine rings is 1. The molecule has 0 saturated carbocycles. The fourth-order valence-electron chi connectivity index (χ4n) is 8.16. The molecule has 3 N–H and O–H groups in total. The number of rotatable bonds is 10. The molecule has 0 amide bonds. The highest BCUT2D eigenvalue weighted by Crippen LogP contribution is 2.38. The van der Waals surface area contributed by atoms with Crippen molar-refractivity contribution < 1.29 is 53.4 Å². The van der Waals surface area contributed by atoms with Crippen LogP contribution in [0.15, 0.2) is 36.9 Å². The molecule has 14 nitrogen and oxygen atoms in total. The van der Waals surface area contributed by atoms with Crippen molar-refractivity contribution in [3.05, 3.63) is 42.4 Å². The predicted molar refractivity (Wildman–Crippen MR) is 205 cm³/mol. The van der Waals surface area contributed by atoms with Crippen molar-refractivity contribution in [1.82, 2.24) is 14.8 Å². The van der Waals surface area contributed by atoms with Crippen molar-refractivity contribution in [3.8, 4) is 0 Å². The summed E-state index contributed by atoms with van der Waals surface area (Å²) in [7, 11) is 5.65. The molecule has 0 radical (unpaired) electrons. The number of carbonyl (C=O) groups is 3. The Labute approximate surface area is 327 Å². The number of hydrogen-bond donors (Lipinski definition) is 3. The van der Waals surface area contributed by atoms with Crippen molar-refractivity contribution in [2.75, 3.05) is 27.7 Å². The summed E-state index contributed by atoms with van der Waals surface area (Å²) in [6.07, 6.45) is -0.190. The van der Waals surface area contributed by atoms with Crippen LogP contribution >= 0.6 is 0 Å². The van der Waals surface area contributed by atoms with E-state index in [0.29, 0.717) is 18.5 Å². The second kappa shape index (κ2) is 19.9. The number of allylic oxidation sites excluding steroid dienone is 1. The lowest BCUT2D eigenvalue weighted by molar-refractivity contribution is -0.300. The Morgan fingerprint density at radius 1 is 1.13 bits per heavy atom. The first-order valence-electron chi connectivity index (χ1n) is 19.5. The molecular formula is C41H67N3O11. The van der Waals surface area contributed by atoms with Crippen LogP contribution in [0.3, 0.4) is 0 Å². The van der Waals surface area contributed by atoms with Crippen LogP contribution < -0.4 is 0 Å². The maximum Gasteiger partial charge on any atom is 0.312 e. The van der Waals surface area contributed by atoms with Crippen LogP contribution in [-0.4, -0.2) is 142 Å². The zero-order valence-electron chi connectivity index (χ0n) is 34.9. The standard InChI is InChI=1S/C41H67N3O11/c1-13-32-41(9,50)36(47)29(7)44(12)23-24(2)21-40(8,49)37(55-39-35(51-18-16-25(3)45)31(43(10)11)19-26(4)52-39)27(5)34(28(6)38(48)53-32)54-33(46)20-30-15-14-17-42-22-30/h14-18,22,24,26-29,31-32,34-37,39,47,49-50H,13,19-21,23H2,1-12H3/t24-,26-,27+,28-,29-,31+,32-,34+,35-,36-,37-,39+,40+,41-/m1/s1. The highest BCUT2D eigenvalue weighted by atomic mass is 16.7. The summed E-state index contributed by atoms with van der Waals surface area (Å²) >= 11 is 0. The highest BCUT2D eigenvalue weighted by molar-refractivity contribution is 5.86. The monoisotopic (exact) mass is 777 g/mol. The molecule has 3 rings (SSSR count). The Bertz CT molecular complexity index is 1420. The fourth-order valence-corrected chi connectivity index (χ4v) is 8.16. The van der Waals surface area contributed by atoms with Crippen molar-refractivity contribution in [3.63, 3.8) is 0 Å². The zero-order chi connectivity index (χ0) is 41.4. The molecule has 0 aliphatic carbocycles. The summed E-state index contributed by atoms with van der Waals surface area (Å²) in [6, 6.07) is 2.67. The molecule has 3 heterocycles. The number of aliphatic hydroxyl groups excluding tert-OH is 1. The Morgan fingerprint density at radius 3 is 2.38 bits per heavy atom. The van der Waals surface area contributed by atoms with Gasteiger partial charge in [0.1, 0.15) is 23.9 Å². The Balaban J connectivity index is 2.19. The summed E-state index contributed by atoms with van der Waals surface area (Å²) < 4.78 is 31.6. The predicted octanol–water partition coefficient (Wildman–Crippen LogP) is 3.29. The minimum absolute atomic E-state index is 0.132. The van der Waals surface area contributed by atoms with E-state index in [1.165, 1.54) is 26.2 Å². The summed E-state index contributed by atoms with van der Waals surface area (Å²) in [5, 5.41) is 35.8. The lowest BCUT2D eigenvalue weighted by atomic mass is 9.77. The average Bonchev–Trinajstić information content (AvgIpc) is 3.10. The Morgan fingerprint density at radius 2 is 1.80 bits per heavy atom. The number of hydrogen-bond acceptors (Lipinski definition) is 14. The van der Waals surface area contributed by atoms with Crippen molar-refractivity contribution in [1.29, 1.82) is 0 Å². The smallest absolute Gasteiger partial charge is 0.312 e. The largest absolute Gasteiger partial charge is 0.491 e. The third-order valence-electron chi connectivity index (χ3n) is 11.3. The molecule has 1 aromatic rings. The number of carbonyl (C=O) groups excluding carboxylic acids is 3. The van der Waals surface area contributed by atoms with Crippen LogP contribution in [0.2, 0.25) is 0 Å². The van der Waals surface area contributed by atoms with Crippen molar-refractivity contribution >= 4 is 17.7 Å². The second-order valence-electron chi connectivity index (χ2n) is 16.6. The van der Waals surface area contributed by atoms with Crippen LogP contribution in [0.4, 0.5) is 0 Å². The quantitative estimate of drug-likeness (QED) is 0.179. The molecule has 14 heteroatoms. The molecule has 0 spiro atoms. The topological polar surface area (TPSA) is 177 Å². The number of aliphatic hydroxyl groups is 3. The van der Waals surface area contributed by atoms with Crippen LogP contribution in [-0.2, 0) is 44.5 Å². The molecule has 55 heavy (non-hydrogen) atoms. The lowest BCUT2D eigenvalue weighted by Gasteiger charge is -2.47. The lowest BCUT2D eigenvalue weighted by Crippen LogP contribution is -2.60. The van der Waals surface area contributed by atoms with Gasteiger partial charge in [-0.05, 0) is 99.5 Å². The van der Waals surface area contributed by atoms with E-state index in [4.69, 9.17) is 23.7 Å². The summed E-state index contributed by atoms with van der Waals surface area (Å²) in [4.78, 5) is 47.6. The van der Waals surface area contributed by atoms with Gasteiger partial charge in [-0.1, -0.05) is 26.8 Å². The first kappa shape index (κ1) is 46.4. The van der Waals surface area contributed by atoms with Gasteiger partial charge >= 0.3 is 11.9 Å². The van der Waals surface area contributed by atoms with Gasteiger partial charge in [0.05, 0.1) is 42.5 Å². The fraction of sp³-hybridized carbons (Fsp3) is 0.756. The SMILES string of the molecule is CC[C@H]1OC(=O)[C@H](C)[C@@H](OC(=O)Cc2cccnc2)[C@H](C)[C@@H](O[C@@H]2O[C@H](C)C[C@H](N(C)C)[C@H]2OC=CC(C)=O)[C@@](C)(O)C[C@@H](C)CN(C)[C@H](C)[C@@H](O)[C@]1(C)O. The number of cyclic esters (lactones) is 1. The number of esters is 2. The zero-order valence-corrected chi connectivity index (χ0v) is 34.9. The van der Waals surface area contributed by atoms with Gasteiger partial charge in [0.2, 0.25) is 0 Å². The molecule has 0 aromatic carbocycles. The summed E-state index contributed by atoms with van der Waals surface area (Å²) in [6.45, 7) is 15.7. The molecule has 0 bridgehead atoms. The molecular weight excluding hydrogens is 710 g/mol. The van der Waals surface area contributed by atoms with Gasteiger partial charge in [0.25, 0.3) is 0 Å². The molecule has 2 saturated heterocycles. The third-order valence-corrected chi connectivity index (χ3v) is 11.3. The van der Waals surface area contributed by atoms with Crippen LogP contribution in [0.1, 0.15) is 87.1 Å². The van der Waals surface area contributed by atoms with E-state index in [9.17, 15) is 29.7 Å². The highest BCUT2D eigenvalue weighted by Gasteiger charge is 2.51.